The molecule has 0 spiro atoms. The summed E-state index contributed by atoms with van der Waals surface area (Å²) in [5, 5.41) is 3.36. The summed E-state index contributed by atoms with van der Waals surface area (Å²) in [4.78, 5) is 11.3. The van der Waals surface area contributed by atoms with Crippen molar-refractivity contribution < 1.29 is 0 Å². The van der Waals surface area contributed by atoms with E-state index in [9.17, 15) is 0 Å². The van der Waals surface area contributed by atoms with Crippen molar-refractivity contribution in [3.63, 3.8) is 0 Å². The zero-order valence-corrected chi connectivity index (χ0v) is 11.9. The molecule has 0 amide bonds. The average Bonchev–Trinajstić information content (AvgIpc) is 2.69. The van der Waals surface area contributed by atoms with Gasteiger partial charge >= 0.3 is 0 Å². The van der Waals surface area contributed by atoms with E-state index in [1.807, 2.05) is 24.2 Å². The molecule has 18 heavy (non-hydrogen) atoms. The van der Waals surface area contributed by atoms with Crippen molar-refractivity contribution in [1.82, 2.24) is 15.3 Å². The Kier molecular flexibility index (Phi) is 5.74. The zero-order chi connectivity index (χ0) is 12.6. The highest BCUT2D eigenvalue weighted by Gasteiger charge is 2.11. The highest BCUT2D eigenvalue weighted by Crippen LogP contribution is 2.14. The molecular formula is C13H22N4S. The number of anilines is 1. The number of thioether (sulfide) groups is 1. The van der Waals surface area contributed by atoms with Gasteiger partial charge in [0.2, 0.25) is 5.95 Å². The van der Waals surface area contributed by atoms with Gasteiger partial charge in [-0.1, -0.05) is 6.92 Å². The van der Waals surface area contributed by atoms with E-state index < -0.39 is 0 Å². The van der Waals surface area contributed by atoms with Gasteiger partial charge in [-0.15, -0.1) is 0 Å². The van der Waals surface area contributed by atoms with Gasteiger partial charge in [0.05, 0.1) is 0 Å². The minimum Gasteiger partial charge on any atom is -0.340 e. The number of hydrogen-bond acceptors (Lipinski definition) is 5. The maximum atomic E-state index is 4.49. The quantitative estimate of drug-likeness (QED) is 0.825. The molecule has 1 fully saturated rings. The lowest BCUT2D eigenvalue weighted by molar-refractivity contribution is 0.670. The van der Waals surface area contributed by atoms with Crippen molar-refractivity contribution >= 4 is 17.7 Å². The summed E-state index contributed by atoms with van der Waals surface area (Å²) in [7, 11) is 0. The molecule has 1 saturated heterocycles. The van der Waals surface area contributed by atoms with E-state index in [2.05, 4.69) is 27.1 Å². The lowest BCUT2D eigenvalue weighted by Gasteiger charge is -2.19. The number of rotatable bonds is 5. The molecule has 5 heteroatoms. The minimum atomic E-state index is 0.865. The van der Waals surface area contributed by atoms with Gasteiger partial charge in [-0.05, 0) is 25.1 Å². The van der Waals surface area contributed by atoms with Crippen LogP contribution >= 0.6 is 11.8 Å². The Morgan fingerprint density at radius 1 is 1.28 bits per heavy atom. The molecule has 0 aromatic carbocycles. The molecule has 0 saturated carbocycles. The largest absolute Gasteiger partial charge is 0.340 e. The second-order valence-electron chi connectivity index (χ2n) is 4.52. The third-order valence-corrected chi connectivity index (χ3v) is 4.00. The fourth-order valence-electron chi connectivity index (χ4n) is 1.96. The number of aromatic nitrogens is 2. The van der Waals surface area contributed by atoms with Gasteiger partial charge < -0.3 is 10.2 Å². The van der Waals surface area contributed by atoms with Crippen molar-refractivity contribution in [2.75, 3.05) is 36.0 Å². The van der Waals surface area contributed by atoms with Gasteiger partial charge in [0, 0.05) is 43.3 Å². The SMILES string of the molecule is CCCNCc1cnc(N2CCCSCC2)nc1. The van der Waals surface area contributed by atoms with Crippen LogP contribution in [-0.4, -0.2) is 41.1 Å². The maximum absolute atomic E-state index is 4.49. The van der Waals surface area contributed by atoms with Crippen LogP contribution in [-0.2, 0) is 6.54 Å². The third kappa shape index (κ3) is 4.14. The number of nitrogens with one attached hydrogen (secondary N) is 1. The van der Waals surface area contributed by atoms with E-state index in [4.69, 9.17) is 0 Å². The Morgan fingerprint density at radius 3 is 2.89 bits per heavy atom. The lowest BCUT2D eigenvalue weighted by atomic mass is 10.3. The smallest absolute Gasteiger partial charge is 0.225 e. The van der Waals surface area contributed by atoms with Crippen LogP contribution in [0.25, 0.3) is 0 Å². The second-order valence-corrected chi connectivity index (χ2v) is 5.75. The van der Waals surface area contributed by atoms with Gasteiger partial charge in [-0.3, -0.25) is 0 Å². The molecule has 0 bridgehead atoms. The Labute approximate surface area is 114 Å². The topological polar surface area (TPSA) is 41.1 Å². The fraction of sp³-hybridized carbons (Fsp3) is 0.692. The van der Waals surface area contributed by atoms with Gasteiger partial charge in [0.15, 0.2) is 0 Å². The Hall–Kier alpha value is -0.810. The van der Waals surface area contributed by atoms with Crippen LogP contribution in [0.4, 0.5) is 5.95 Å². The van der Waals surface area contributed by atoms with E-state index in [1.54, 1.807) is 0 Å². The van der Waals surface area contributed by atoms with Crippen molar-refractivity contribution in [3.05, 3.63) is 18.0 Å². The molecule has 4 nitrogen and oxygen atoms in total. The normalized spacial score (nSPS) is 16.6. The predicted molar refractivity (Wildman–Crippen MR) is 78.2 cm³/mol. The summed E-state index contributed by atoms with van der Waals surface area (Å²) >= 11 is 2.02. The molecule has 0 atom stereocenters. The van der Waals surface area contributed by atoms with Gasteiger partial charge in [-0.2, -0.15) is 11.8 Å². The van der Waals surface area contributed by atoms with Crippen LogP contribution in [0.2, 0.25) is 0 Å². The van der Waals surface area contributed by atoms with Crippen LogP contribution in [0.3, 0.4) is 0 Å². The Bertz CT molecular complexity index is 333. The van der Waals surface area contributed by atoms with Crippen LogP contribution in [0.5, 0.6) is 0 Å². The Morgan fingerprint density at radius 2 is 2.11 bits per heavy atom. The molecule has 1 aliphatic heterocycles. The van der Waals surface area contributed by atoms with Crippen molar-refractivity contribution in [2.24, 2.45) is 0 Å². The highest BCUT2D eigenvalue weighted by molar-refractivity contribution is 7.99. The number of hydrogen-bond donors (Lipinski definition) is 1. The minimum absolute atomic E-state index is 0.865. The molecule has 0 radical (unpaired) electrons. The lowest BCUT2D eigenvalue weighted by Crippen LogP contribution is -2.27. The summed E-state index contributed by atoms with van der Waals surface area (Å²) in [6.45, 7) is 6.23. The molecule has 2 heterocycles. The molecule has 1 aliphatic rings. The first-order valence-electron chi connectivity index (χ1n) is 6.74. The van der Waals surface area contributed by atoms with E-state index >= 15 is 0 Å². The summed E-state index contributed by atoms with van der Waals surface area (Å²) in [5.41, 5.74) is 1.16. The van der Waals surface area contributed by atoms with Gasteiger partial charge in [0.25, 0.3) is 0 Å². The summed E-state index contributed by atoms with van der Waals surface area (Å²) in [6, 6.07) is 0. The molecule has 1 aromatic rings. The van der Waals surface area contributed by atoms with E-state index in [-0.39, 0.29) is 0 Å². The van der Waals surface area contributed by atoms with E-state index in [0.717, 1.165) is 44.1 Å². The molecule has 0 aliphatic carbocycles. The average molecular weight is 266 g/mol. The highest BCUT2D eigenvalue weighted by atomic mass is 32.2. The standard InChI is InChI=1S/C13H22N4S/c1-2-4-14-9-12-10-15-13(16-11-12)17-5-3-7-18-8-6-17/h10-11,14H,2-9H2,1H3. The summed E-state index contributed by atoms with van der Waals surface area (Å²) in [6.07, 6.45) is 6.28. The predicted octanol–water partition coefficient (Wildman–Crippen LogP) is 1.92. The van der Waals surface area contributed by atoms with Crippen molar-refractivity contribution in [1.29, 1.82) is 0 Å². The number of nitrogens with zero attached hydrogens (tertiary/aromatic N) is 3. The first-order valence-corrected chi connectivity index (χ1v) is 7.90. The molecule has 0 unspecified atom stereocenters. The molecule has 100 valence electrons. The van der Waals surface area contributed by atoms with E-state index in [1.165, 1.54) is 17.9 Å². The van der Waals surface area contributed by atoms with Gasteiger partial charge in [-0.25, -0.2) is 9.97 Å². The molecular weight excluding hydrogens is 244 g/mol. The Balaban J connectivity index is 1.89. The maximum Gasteiger partial charge on any atom is 0.225 e. The van der Waals surface area contributed by atoms with Crippen molar-refractivity contribution in [2.45, 2.75) is 26.3 Å². The molecule has 1 N–H and O–H groups in total. The van der Waals surface area contributed by atoms with Gasteiger partial charge in [0.1, 0.15) is 0 Å². The van der Waals surface area contributed by atoms with E-state index in [0.29, 0.717) is 0 Å². The first kappa shape index (κ1) is 13.6. The molecule has 1 aromatic heterocycles. The first-order chi connectivity index (χ1) is 8.90. The van der Waals surface area contributed by atoms with Crippen LogP contribution in [0.1, 0.15) is 25.3 Å². The summed E-state index contributed by atoms with van der Waals surface area (Å²) < 4.78 is 0. The van der Waals surface area contributed by atoms with Crippen LogP contribution in [0.15, 0.2) is 12.4 Å². The van der Waals surface area contributed by atoms with Crippen LogP contribution < -0.4 is 10.2 Å². The fourth-order valence-corrected chi connectivity index (χ4v) is 2.84. The summed E-state index contributed by atoms with van der Waals surface area (Å²) in [5.74, 6) is 3.33. The van der Waals surface area contributed by atoms with Crippen LogP contribution in [0, 0.1) is 0 Å². The second kappa shape index (κ2) is 7.59. The molecule has 2 rings (SSSR count). The van der Waals surface area contributed by atoms with Crippen molar-refractivity contribution in [3.8, 4) is 0 Å². The third-order valence-electron chi connectivity index (χ3n) is 2.95. The monoisotopic (exact) mass is 266 g/mol. The zero-order valence-electron chi connectivity index (χ0n) is 11.1.